The predicted octanol–water partition coefficient (Wildman–Crippen LogP) is 0.171. The maximum absolute atomic E-state index is 11.4. The van der Waals surface area contributed by atoms with Crippen LogP contribution in [-0.4, -0.2) is 30.3 Å². The van der Waals surface area contributed by atoms with Gasteiger partial charge in [-0.2, -0.15) is 5.26 Å². The Bertz CT molecular complexity index is 359. The number of methoxy groups -OCH3 is 1. The minimum Gasteiger partial charge on any atom is -0.468 e. The van der Waals surface area contributed by atoms with Crippen LogP contribution in [0.3, 0.4) is 0 Å². The van der Waals surface area contributed by atoms with Gasteiger partial charge in [-0.25, -0.2) is 0 Å². The molecule has 0 aromatic heterocycles. The average Bonchev–Trinajstić information content (AvgIpc) is 2.16. The third-order valence-electron chi connectivity index (χ3n) is 2.46. The molecule has 0 aliphatic heterocycles. The minimum atomic E-state index is -1.66. The molecule has 0 spiro atoms. The monoisotopic (exact) mass is 228 g/mol. The quantitative estimate of drug-likeness (QED) is 0.377. The maximum atomic E-state index is 11.4. The zero-order valence-electron chi connectivity index (χ0n) is 9.22. The van der Waals surface area contributed by atoms with Crippen molar-refractivity contribution in [3.63, 3.8) is 0 Å². The van der Waals surface area contributed by atoms with E-state index in [4.69, 9.17) is 5.26 Å². The van der Waals surface area contributed by atoms with Gasteiger partial charge in [0.1, 0.15) is 11.2 Å². The summed E-state index contributed by atoms with van der Waals surface area (Å²) in [4.78, 5) is 32.3. The van der Waals surface area contributed by atoms with Crippen LogP contribution in [0.2, 0.25) is 0 Å². The standard InChI is InChI=1S/C9H12N2O5/c1-6(12)9(2,5-11(14)15)7(4-10)8(13)16-3/h7H,5H2,1-3H3. The molecule has 0 rings (SSSR count). The highest BCUT2D eigenvalue weighted by Gasteiger charge is 2.48. The van der Waals surface area contributed by atoms with E-state index in [1.165, 1.54) is 6.92 Å². The summed E-state index contributed by atoms with van der Waals surface area (Å²) in [6.45, 7) is 1.54. The SMILES string of the molecule is COC(=O)C(C#N)C(C)(C[N+](=O)[O-])C(C)=O. The number of nitriles is 1. The first-order valence-electron chi connectivity index (χ1n) is 4.40. The van der Waals surface area contributed by atoms with Crippen LogP contribution in [0.1, 0.15) is 13.8 Å². The van der Waals surface area contributed by atoms with E-state index in [2.05, 4.69) is 4.74 Å². The highest BCUT2D eigenvalue weighted by Crippen LogP contribution is 2.29. The summed E-state index contributed by atoms with van der Waals surface area (Å²) in [5, 5.41) is 19.2. The highest BCUT2D eigenvalue weighted by atomic mass is 16.6. The van der Waals surface area contributed by atoms with Crippen LogP contribution >= 0.6 is 0 Å². The summed E-state index contributed by atoms with van der Waals surface area (Å²) < 4.78 is 4.34. The van der Waals surface area contributed by atoms with Gasteiger partial charge in [0.05, 0.1) is 13.2 Å². The number of nitro groups is 1. The van der Waals surface area contributed by atoms with Crippen molar-refractivity contribution < 1.29 is 19.2 Å². The van der Waals surface area contributed by atoms with Crippen LogP contribution in [0.15, 0.2) is 0 Å². The Morgan fingerprint density at radius 2 is 2.12 bits per heavy atom. The second-order valence-electron chi connectivity index (χ2n) is 3.55. The average molecular weight is 228 g/mol. The minimum absolute atomic E-state index is 0.596. The van der Waals surface area contributed by atoms with E-state index >= 15 is 0 Å². The number of hydrogen-bond acceptors (Lipinski definition) is 6. The van der Waals surface area contributed by atoms with E-state index in [9.17, 15) is 19.7 Å². The molecule has 88 valence electrons. The van der Waals surface area contributed by atoms with Gasteiger partial charge in [-0.15, -0.1) is 0 Å². The molecule has 16 heavy (non-hydrogen) atoms. The van der Waals surface area contributed by atoms with Crippen LogP contribution in [0.4, 0.5) is 0 Å². The second-order valence-corrected chi connectivity index (χ2v) is 3.55. The van der Waals surface area contributed by atoms with Gasteiger partial charge in [0.25, 0.3) is 0 Å². The maximum Gasteiger partial charge on any atom is 0.324 e. The third-order valence-corrected chi connectivity index (χ3v) is 2.46. The summed E-state index contributed by atoms with van der Waals surface area (Å²) in [6.07, 6.45) is 0. The first-order valence-corrected chi connectivity index (χ1v) is 4.40. The van der Waals surface area contributed by atoms with Gasteiger partial charge in [-0.3, -0.25) is 19.7 Å². The summed E-state index contributed by atoms with van der Waals surface area (Å²) in [6, 6.07) is 1.58. The van der Waals surface area contributed by atoms with E-state index in [0.29, 0.717) is 0 Å². The molecule has 0 aliphatic rings. The molecule has 0 radical (unpaired) electrons. The Morgan fingerprint density at radius 1 is 1.62 bits per heavy atom. The van der Waals surface area contributed by atoms with Gasteiger partial charge in [-0.05, 0) is 13.8 Å². The van der Waals surface area contributed by atoms with E-state index in [0.717, 1.165) is 14.0 Å². The lowest BCUT2D eigenvalue weighted by molar-refractivity contribution is -0.494. The number of carbonyl (C=O) groups excluding carboxylic acids is 2. The first kappa shape index (κ1) is 14.0. The topological polar surface area (TPSA) is 110 Å². The molecule has 0 N–H and O–H groups in total. The molecule has 0 aromatic rings. The second kappa shape index (κ2) is 5.21. The predicted molar refractivity (Wildman–Crippen MR) is 51.8 cm³/mol. The molecule has 2 atom stereocenters. The summed E-state index contributed by atoms with van der Waals surface area (Å²) in [5.41, 5.74) is -1.66. The Hall–Kier alpha value is -1.97. The molecular formula is C9H12N2O5. The van der Waals surface area contributed by atoms with Crippen LogP contribution in [-0.2, 0) is 14.3 Å². The van der Waals surface area contributed by atoms with Crippen molar-refractivity contribution in [3.8, 4) is 6.07 Å². The van der Waals surface area contributed by atoms with Crippen molar-refractivity contribution in [3.05, 3.63) is 10.1 Å². The Labute approximate surface area is 92.1 Å². The molecule has 0 saturated heterocycles. The van der Waals surface area contributed by atoms with Crippen molar-refractivity contribution in [2.75, 3.05) is 13.7 Å². The fourth-order valence-corrected chi connectivity index (χ4v) is 1.25. The smallest absolute Gasteiger partial charge is 0.324 e. The molecule has 0 saturated carbocycles. The molecular weight excluding hydrogens is 216 g/mol. The summed E-state index contributed by atoms with van der Waals surface area (Å²) in [5.74, 6) is -3.01. The molecule has 0 fully saturated rings. The zero-order chi connectivity index (χ0) is 12.9. The zero-order valence-corrected chi connectivity index (χ0v) is 9.22. The van der Waals surface area contributed by atoms with Crippen molar-refractivity contribution in [2.45, 2.75) is 13.8 Å². The van der Waals surface area contributed by atoms with Crippen molar-refractivity contribution in [1.29, 1.82) is 5.26 Å². The Morgan fingerprint density at radius 3 is 2.38 bits per heavy atom. The van der Waals surface area contributed by atoms with Gasteiger partial charge >= 0.3 is 5.97 Å². The molecule has 0 aromatic carbocycles. The van der Waals surface area contributed by atoms with Gasteiger partial charge in [0, 0.05) is 4.92 Å². The van der Waals surface area contributed by atoms with E-state index < -0.39 is 34.6 Å². The molecule has 0 aliphatic carbocycles. The van der Waals surface area contributed by atoms with Crippen molar-refractivity contribution in [1.82, 2.24) is 0 Å². The van der Waals surface area contributed by atoms with Gasteiger partial charge in [-0.1, -0.05) is 0 Å². The van der Waals surface area contributed by atoms with Crippen molar-refractivity contribution in [2.24, 2.45) is 11.3 Å². The molecule has 0 amide bonds. The summed E-state index contributed by atoms with van der Waals surface area (Å²) >= 11 is 0. The number of rotatable bonds is 5. The van der Waals surface area contributed by atoms with Crippen molar-refractivity contribution >= 4 is 11.8 Å². The molecule has 7 nitrogen and oxygen atoms in total. The van der Waals surface area contributed by atoms with E-state index in [-0.39, 0.29) is 0 Å². The fraction of sp³-hybridized carbons (Fsp3) is 0.667. The Kier molecular flexibility index (Phi) is 4.57. The lowest BCUT2D eigenvalue weighted by Gasteiger charge is -2.25. The number of Topliss-reactive ketones (excluding diaryl/α,β-unsaturated/α-hetero) is 1. The lowest BCUT2D eigenvalue weighted by atomic mass is 9.74. The lowest BCUT2D eigenvalue weighted by Crippen LogP contribution is -2.44. The summed E-state index contributed by atoms with van der Waals surface area (Å²) in [7, 11) is 1.05. The van der Waals surface area contributed by atoms with Crippen LogP contribution in [0.5, 0.6) is 0 Å². The third kappa shape index (κ3) is 2.76. The molecule has 2 unspecified atom stereocenters. The van der Waals surface area contributed by atoms with Crippen LogP contribution < -0.4 is 0 Å². The number of esters is 1. The number of ether oxygens (including phenoxy) is 1. The van der Waals surface area contributed by atoms with E-state index in [1.807, 2.05) is 0 Å². The number of hydrogen-bond donors (Lipinski definition) is 0. The highest BCUT2D eigenvalue weighted by molar-refractivity contribution is 5.89. The first-order chi connectivity index (χ1) is 7.29. The van der Waals surface area contributed by atoms with Gasteiger partial charge < -0.3 is 4.74 Å². The fourth-order valence-electron chi connectivity index (χ4n) is 1.25. The molecule has 0 bridgehead atoms. The molecule has 0 heterocycles. The number of carbonyl (C=O) groups is 2. The largest absolute Gasteiger partial charge is 0.468 e. The number of nitrogens with zero attached hydrogens (tertiary/aromatic N) is 2. The van der Waals surface area contributed by atoms with Gasteiger partial charge in [0.15, 0.2) is 5.92 Å². The van der Waals surface area contributed by atoms with E-state index in [1.54, 1.807) is 6.07 Å². The number of ketones is 1. The normalized spacial score (nSPS) is 15.4. The van der Waals surface area contributed by atoms with Gasteiger partial charge in [0.2, 0.25) is 6.54 Å². The van der Waals surface area contributed by atoms with Crippen LogP contribution in [0.25, 0.3) is 0 Å². The van der Waals surface area contributed by atoms with Crippen LogP contribution in [0, 0.1) is 32.8 Å². The Balaban J connectivity index is 5.32. The molecule has 7 heteroatoms.